The van der Waals surface area contributed by atoms with Gasteiger partial charge >= 0.3 is 0 Å². The summed E-state index contributed by atoms with van der Waals surface area (Å²) in [6.45, 7) is 5.28. The Hall–Kier alpha value is -0.470. The highest BCUT2D eigenvalue weighted by Crippen LogP contribution is 2.28. The number of halogens is 1. The smallest absolute Gasteiger partial charge is 0.241 e. The summed E-state index contributed by atoms with van der Waals surface area (Å²) in [5.41, 5.74) is 1.10. The van der Waals surface area contributed by atoms with E-state index in [2.05, 4.69) is 26.0 Å². The van der Waals surface area contributed by atoms with Gasteiger partial charge in [0.25, 0.3) is 0 Å². The van der Waals surface area contributed by atoms with Gasteiger partial charge in [0.1, 0.15) is 0 Å². The van der Waals surface area contributed by atoms with E-state index in [0.717, 1.165) is 10.0 Å². The van der Waals surface area contributed by atoms with Crippen molar-refractivity contribution in [1.82, 2.24) is 10.0 Å². The van der Waals surface area contributed by atoms with Crippen molar-refractivity contribution in [3.63, 3.8) is 0 Å². The van der Waals surface area contributed by atoms with Crippen LogP contribution in [-0.4, -0.2) is 34.2 Å². The molecule has 2 rings (SSSR count). The molecule has 0 bridgehead atoms. The number of rotatable bonds is 5. The fraction of sp³-hybridized carbons (Fsp3) is 0.571. The molecule has 0 amide bonds. The number of nitrogens with one attached hydrogen (secondary N) is 2. The Labute approximate surface area is 134 Å². The van der Waals surface area contributed by atoms with E-state index in [1.807, 2.05) is 20.0 Å². The van der Waals surface area contributed by atoms with Crippen LogP contribution in [0.3, 0.4) is 0 Å². The molecule has 1 fully saturated rings. The molecule has 1 saturated heterocycles. The van der Waals surface area contributed by atoms with Crippen LogP contribution in [0.25, 0.3) is 0 Å². The van der Waals surface area contributed by atoms with Gasteiger partial charge in [0, 0.05) is 17.6 Å². The molecule has 5 nitrogen and oxygen atoms in total. The van der Waals surface area contributed by atoms with Gasteiger partial charge in [0.15, 0.2) is 0 Å². The second-order valence-corrected chi connectivity index (χ2v) is 8.21. The van der Waals surface area contributed by atoms with Crippen molar-refractivity contribution in [3.05, 3.63) is 27.7 Å². The molecule has 1 aromatic rings. The van der Waals surface area contributed by atoms with Crippen LogP contribution >= 0.6 is 15.9 Å². The van der Waals surface area contributed by atoms with Crippen LogP contribution in [0, 0.1) is 6.92 Å². The van der Waals surface area contributed by atoms with Crippen molar-refractivity contribution >= 4 is 26.0 Å². The third kappa shape index (κ3) is 3.84. The van der Waals surface area contributed by atoms with Gasteiger partial charge in [-0.15, -0.1) is 0 Å². The topological polar surface area (TPSA) is 67.4 Å². The molecular formula is C14H21BrN2O3S. The summed E-state index contributed by atoms with van der Waals surface area (Å²) in [7, 11) is -1.75. The number of sulfonamides is 1. The van der Waals surface area contributed by atoms with Crippen molar-refractivity contribution in [2.75, 3.05) is 20.3 Å². The largest absolute Gasteiger partial charge is 0.379 e. The highest BCUT2D eigenvalue weighted by atomic mass is 79.9. The van der Waals surface area contributed by atoms with Gasteiger partial charge in [-0.2, -0.15) is 0 Å². The molecule has 2 N–H and O–H groups in total. The van der Waals surface area contributed by atoms with Gasteiger partial charge in [0.05, 0.1) is 17.0 Å². The molecule has 0 aromatic heterocycles. The first-order valence-electron chi connectivity index (χ1n) is 6.83. The normalized spacial score (nSPS) is 22.7. The first-order chi connectivity index (χ1) is 9.77. The van der Waals surface area contributed by atoms with Gasteiger partial charge < -0.3 is 10.1 Å². The number of benzene rings is 1. The van der Waals surface area contributed by atoms with Crippen molar-refractivity contribution in [1.29, 1.82) is 0 Å². The Morgan fingerprint density at radius 3 is 2.71 bits per heavy atom. The second kappa shape index (κ2) is 6.34. The molecule has 1 unspecified atom stereocenters. The highest BCUT2D eigenvalue weighted by Gasteiger charge is 2.35. The minimum atomic E-state index is -3.58. The van der Waals surface area contributed by atoms with Crippen molar-refractivity contribution in [2.45, 2.75) is 37.2 Å². The lowest BCUT2D eigenvalue weighted by atomic mass is 10.0. The molecule has 1 aromatic carbocycles. The first kappa shape index (κ1) is 16.9. The zero-order valence-corrected chi connectivity index (χ0v) is 14.9. The summed E-state index contributed by atoms with van der Waals surface area (Å²) in [6.07, 6.45) is 0.683. The number of hydrogen-bond donors (Lipinski definition) is 2. The quantitative estimate of drug-likeness (QED) is 0.823. The van der Waals surface area contributed by atoms with Crippen molar-refractivity contribution < 1.29 is 13.2 Å². The van der Waals surface area contributed by atoms with Crippen LogP contribution in [0.1, 0.15) is 24.5 Å². The average molecular weight is 377 g/mol. The molecule has 1 aliphatic heterocycles. The van der Waals surface area contributed by atoms with Crippen LogP contribution < -0.4 is 10.0 Å². The number of ether oxygens (including phenoxy) is 1. The van der Waals surface area contributed by atoms with Crippen molar-refractivity contribution in [3.8, 4) is 0 Å². The standard InChI is InChI=1S/C14H21BrN2O3S/c1-10-12(15)6-11(8-16-3)7-13(10)21(18,19)17-14(2)4-5-20-9-14/h6-7,16-17H,4-5,8-9H2,1-3H3. The predicted octanol–water partition coefficient (Wildman–Crippen LogP) is 1.93. The fourth-order valence-electron chi connectivity index (χ4n) is 2.42. The molecular weight excluding hydrogens is 356 g/mol. The van der Waals surface area contributed by atoms with E-state index >= 15 is 0 Å². The SMILES string of the molecule is CNCc1cc(Br)c(C)c(S(=O)(=O)NC2(C)CCOC2)c1. The zero-order chi connectivity index (χ0) is 15.7. The monoisotopic (exact) mass is 376 g/mol. The van der Waals surface area contributed by atoms with Crippen LogP contribution in [0.2, 0.25) is 0 Å². The molecule has 0 spiro atoms. The minimum absolute atomic E-state index is 0.315. The molecule has 0 saturated carbocycles. The first-order valence-corrected chi connectivity index (χ1v) is 9.10. The van der Waals surface area contributed by atoms with Gasteiger partial charge in [-0.3, -0.25) is 0 Å². The molecule has 118 valence electrons. The summed E-state index contributed by atoms with van der Waals surface area (Å²) in [4.78, 5) is 0.315. The number of hydrogen-bond acceptors (Lipinski definition) is 4. The van der Waals surface area contributed by atoms with Crippen molar-refractivity contribution in [2.24, 2.45) is 0 Å². The Balaban J connectivity index is 2.39. The predicted molar refractivity (Wildman–Crippen MR) is 85.8 cm³/mol. The van der Waals surface area contributed by atoms with E-state index in [0.29, 0.717) is 36.6 Å². The van der Waals surface area contributed by atoms with E-state index in [-0.39, 0.29) is 0 Å². The van der Waals surface area contributed by atoms with Gasteiger partial charge in [-0.25, -0.2) is 13.1 Å². The summed E-state index contributed by atoms with van der Waals surface area (Å²) in [5, 5.41) is 3.03. The van der Waals surface area contributed by atoms with E-state index in [1.165, 1.54) is 0 Å². The van der Waals surface area contributed by atoms with Gasteiger partial charge in [-0.05, 0) is 50.6 Å². The third-order valence-corrected chi connectivity index (χ3v) is 6.21. The molecule has 7 heteroatoms. The van der Waals surface area contributed by atoms with E-state index in [4.69, 9.17) is 4.74 Å². The summed E-state index contributed by atoms with van der Waals surface area (Å²) < 4.78 is 34.3. The van der Waals surface area contributed by atoms with Crippen LogP contribution in [0.5, 0.6) is 0 Å². The molecule has 21 heavy (non-hydrogen) atoms. The zero-order valence-electron chi connectivity index (χ0n) is 12.5. The lowest BCUT2D eigenvalue weighted by molar-refractivity contribution is 0.178. The van der Waals surface area contributed by atoms with Crippen LogP contribution in [0.15, 0.2) is 21.5 Å². The Bertz CT molecular complexity index is 625. The maximum Gasteiger partial charge on any atom is 0.241 e. The second-order valence-electron chi connectivity index (χ2n) is 5.70. The highest BCUT2D eigenvalue weighted by molar-refractivity contribution is 9.10. The van der Waals surface area contributed by atoms with Gasteiger partial charge in [0.2, 0.25) is 10.0 Å². The summed E-state index contributed by atoms with van der Waals surface area (Å²) >= 11 is 3.44. The Morgan fingerprint density at radius 2 is 2.14 bits per heavy atom. The summed E-state index contributed by atoms with van der Waals surface area (Å²) in [5.74, 6) is 0. The molecule has 0 aliphatic carbocycles. The Morgan fingerprint density at radius 1 is 1.43 bits per heavy atom. The molecule has 1 aliphatic rings. The molecule has 1 heterocycles. The maximum atomic E-state index is 12.7. The summed E-state index contributed by atoms with van der Waals surface area (Å²) in [6, 6.07) is 3.66. The van der Waals surface area contributed by atoms with Gasteiger partial charge in [-0.1, -0.05) is 15.9 Å². The van der Waals surface area contributed by atoms with E-state index < -0.39 is 15.6 Å². The van der Waals surface area contributed by atoms with E-state index in [9.17, 15) is 8.42 Å². The van der Waals surface area contributed by atoms with Crippen LogP contribution in [-0.2, 0) is 21.3 Å². The minimum Gasteiger partial charge on any atom is -0.379 e. The van der Waals surface area contributed by atoms with Crippen LogP contribution in [0.4, 0.5) is 0 Å². The fourth-order valence-corrected chi connectivity index (χ4v) is 4.80. The lowest BCUT2D eigenvalue weighted by Crippen LogP contribution is -2.46. The maximum absolute atomic E-state index is 12.7. The van der Waals surface area contributed by atoms with E-state index in [1.54, 1.807) is 13.0 Å². The Kier molecular flexibility index (Phi) is 5.10. The average Bonchev–Trinajstić information content (AvgIpc) is 2.79. The molecule has 0 radical (unpaired) electrons. The third-order valence-electron chi connectivity index (χ3n) is 3.63. The molecule has 1 atom stereocenters. The lowest BCUT2D eigenvalue weighted by Gasteiger charge is -2.24.